The van der Waals surface area contributed by atoms with Gasteiger partial charge in [-0.2, -0.15) is 0 Å². The molecule has 140 valence electrons. The molecule has 0 bridgehead atoms. The first-order valence-electron chi connectivity index (χ1n) is 9.90. The van der Waals surface area contributed by atoms with E-state index in [0.717, 1.165) is 49.2 Å². The van der Waals surface area contributed by atoms with Gasteiger partial charge in [0.25, 0.3) is 5.91 Å². The van der Waals surface area contributed by atoms with E-state index in [0.29, 0.717) is 18.8 Å². The smallest absolute Gasteiger partial charge is 0.270 e. The van der Waals surface area contributed by atoms with E-state index in [1.165, 1.54) is 18.4 Å². The lowest BCUT2D eigenvalue weighted by atomic mass is 9.95. The molecule has 0 radical (unpaired) electrons. The molecule has 1 aromatic heterocycles. The number of aromatic nitrogens is 1. The van der Waals surface area contributed by atoms with Crippen molar-refractivity contribution in [1.29, 1.82) is 0 Å². The summed E-state index contributed by atoms with van der Waals surface area (Å²) in [5.74, 6) is -0.0549. The maximum atomic E-state index is 12.9. The summed E-state index contributed by atoms with van der Waals surface area (Å²) < 4.78 is 0. The first-order chi connectivity index (χ1) is 13.3. The van der Waals surface area contributed by atoms with Gasteiger partial charge in [0.2, 0.25) is 0 Å². The number of nitrogens with one attached hydrogen (secondary N) is 1. The number of hydrogen-bond acceptors (Lipinski definition) is 4. The van der Waals surface area contributed by atoms with Gasteiger partial charge >= 0.3 is 0 Å². The van der Waals surface area contributed by atoms with Crippen molar-refractivity contribution in [1.82, 2.24) is 15.2 Å². The Morgan fingerprint density at radius 3 is 2.81 bits per heavy atom. The van der Waals surface area contributed by atoms with Crippen LogP contribution >= 0.6 is 0 Å². The molecule has 0 saturated carbocycles. The summed E-state index contributed by atoms with van der Waals surface area (Å²) >= 11 is 0. The molecule has 1 aromatic carbocycles. The molecule has 1 saturated heterocycles. The molecule has 0 atom stereocenters. The summed E-state index contributed by atoms with van der Waals surface area (Å²) in [6.07, 6.45) is 8.09. The molecule has 4 rings (SSSR count). The van der Waals surface area contributed by atoms with Crippen LogP contribution in [-0.4, -0.2) is 54.2 Å². The van der Waals surface area contributed by atoms with Crippen molar-refractivity contribution >= 4 is 11.6 Å². The van der Waals surface area contributed by atoms with Gasteiger partial charge in [-0.1, -0.05) is 18.2 Å². The maximum absolute atomic E-state index is 12.9. The summed E-state index contributed by atoms with van der Waals surface area (Å²) in [6.45, 7) is 4.59. The van der Waals surface area contributed by atoms with Gasteiger partial charge in [0.05, 0.1) is 0 Å². The third kappa shape index (κ3) is 4.25. The van der Waals surface area contributed by atoms with E-state index >= 15 is 0 Å². The Hall–Kier alpha value is -2.53. The van der Waals surface area contributed by atoms with Crippen LogP contribution in [0, 0.1) is 0 Å². The fourth-order valence-corrected chi connectivity index (χ4v) is 3.89. The van der Waals surface area contributed by atoms with Gasteiger partial charge in [0, 0.05) is 43.2 Å². The Labute approximate surface area is 160 Å². The molecule has 3 heterocycles. The number of carbonyl (C=O) groups excluding carboxylic acids is 1. The molecule has 0 spiro atoms. The number of hydrogen-bond donors (Lipinski definition) is 1. The summed E-state index contributed by atoms with van der Waals surface area (Å²) in [4.78, 5) is 24.1. The molecule has 1 N–H and O–H groups in total. The van der Waals surface area contributed by atoms with E-state index in [1.54, 1.807) is 6.20 Å². The zero-order valence-corrected chi connectivity index (χ0v) is 15.7. The highest BCUT2D eigenvalue weighted by Gasteiger charge is 2.20. The van der Waals surface area contributed by atoms with Crippen LogP contribution in [0.5, 0.6) is 0 Å². The highest BCUT2D eigenvalue weighted by molar-refractivity contribution is 6.45. The number of aryl methyl sites for hydroxylation is 1. The second-order valence-corrected chi connectivity index (χ2v) is 7.25. The number of aliphatic imine (C=N–C) groups is 1. The van der Waals surface area contributed by atoms with E-state index < -0.39 is 0 Å². The number of benzene rings is 1. The predicted octanol–water partition coefficient (Wildman–Crippen LogP) is 2.70. The first-order valence-corrected chi connectivity index (χ1v) is 9.90. The van der Waals surface area contributed by atoms with Gasteiger partial charge in [-0.05, 0) is 62.0 Å². The summed E-state index contributed by atoms with van der Waals surface area (Å²) in [5, 5.41) is 3.08. The minimum atomic E-state index is -0.0549. The molecule has 2 aromatic rings. The van der Waals surface area contributed by atoms with Gasteiger partial charge < -0.3 is 10.2 Å². The van der Waals surface area contributed by atoms with Crippen LogP contribution in [0.1, 0.15) is 30.4 Å². The maximum Gasteiger partial charge on any atom is 0.270 e. The highest BCUT2D eigenvalue weighted by Crippen LogP contribution is 2.25. The number of amides is 1. The third-order valence-electron chi connectivity index (χ3n) is 5.36. The Bertz CT molecular complexity index is 825. The molecular weight excluding hydrogens is 336 g/mol. The van der Waals surface area contributed by atoms with Crippen LogP contribution in [0.2, 0.25) is 0 Å². The van der Waals surface area contributed by atoms with Crippen LogP contribution < -0.4 is 5.32 Å². The Morgan fingerprint density at radius 1 is 1.11 bits per heavy atom. The standard InChI is InChI=1S/C22H26N4O/c27-22(25-11-14-26-12-1-2-13-26)21-20-15-18(19-6-3-9-23-16-19)8-7-17(20)5-4-10-24-21/h3,6-9,15-16H,1-2,4-5,10-14H2,(H,25,27). The fraction of sp³-hybridized carbons (Fsp3) is 0.409. The normalized spacial score (nSPS) is 17.1. The first kappa shape index (κ1) is 17.9. The van der Waals surface area contributed by atoms with E-state index in [9.17, 15) is 4.79 Å². The van der Waals surface area contributed by atoms with Crippen LogP contribution in [0.15, 0.2) is 47.7 Å². The van der Waals surface area contributed by atoms with E-state index in [4.69, 9.17) is 0 Å². The summed E-state index contributed by atoms with van der Waals surface area (Å²) in [7, 11) is 0. The Balaban J connectivity index is 1.53. The Morgan fingerprint density at radius 2 is 2.00 bits per heavy atom. The lowest BCUT2D eigenvalue weighted by Crippen LogP contribution is -2.37. The fourth-order valence-electron chi connectivity index (χ4n) is 3.89. The minimum Gasteiger partial charge on any atom is -0.349 e. The van der Waals surface area contributed by atoms with Crippen LogP contribution in [0.25, 0.3) is 11.1 Å². The average molecular weight is 362 g/mol. The molecule has 1 fully saturated rings. The second-order valence-electron chi connectivity index (χ2n) is 7.25. The molecule has 0 aliphatic carbocycles. The zero-order chi connectivity index (χ0) is 18.5. The van der Waals surface area contributed by atoms with Gasteiger partial charge in [-0.25, -0.2) is 0 Å². The molecule has 27 heavy (non-hydrogen) atoms. The van der Waals surface area contributed by atoms with Gasteiger partial charge in [0.1, 0.15) is 5.71 Å². The zero-order valence-electron chi connectivity index (χ0n) is 15.7. The average Bonchev–Trinajstić information content (AvgIpc) is 3.13. The minimum absolute atomic E-state index is 0.0549. The highest BCUT2D eigenvalue weighted by atomic mass is 16.1. The van der Waals surface area contributed by atoms with Gasteiger partial charge in [0.15, 0.2) is 0 Å². The lowest BCUT2D eigenvalue weighted by molar-refractivity contribution is -0.114. The number of rotatable bonds is 5. The molecular formula is C22H26N4O. The Kier molecular flexibility index (Phi) is 5.58. The largest absolute Gasteiger partial charge is 0.349 e. The summed E-state index contributed by atoms with van der Waals surface area (Å²) in [6, 6.07) is 10.3. The van der Waals surface area contributed by atoms with Crippen LogP contribution in [0.4, 0.5) is 0 Å². The molecule has 5 nitrogen and oxygen atoms in total. The van der Waals surface area contributed by atoms with Crippen LogP contribution in [-0.2, 0) is 11.2 Å². The number of pyridine rings is 1. The number of nitrogens with zero attached hydrogens (tertiary/aromatic N) is 3. The lowest BCUT2D eigenvalue weighted by Gasteiger charge is -2.16. The van der Waals surface area contributed by atoms with Crippen molar-refractivity contribution < 1.29 is 4.79 Å². The van der Waals surface area contributed by atoms with Crippen molar-refractivity contribution in [2.45, 2.75) is 25.7 Å². The molecule has 1 amide bonds. The topological polar surface area (TPSA) is 57.6 Å². The van der Waals surface area contributed by atoms with Crippen molar-refractivity contribution in [3.05, 3.63) is 53.9 Å². The summed E-state index contributed by atoms with van der Waals surface area (Å²) in [5.41, 5.74) is 4.87. The predicted molar refractivity (Wildman–Crippen MR) is 108 cm³/mol. The van der Waals surface area contributed by atoms with Crippen LogP contribution in [0.3, 0.4) is 0 Å². The molecule has 5 heteroatoms. The number of likely N-dealkylation sites (tertiary alicyclic amines) is 1. The van der Waals surface area contributed by atoms with E-state index in [1.807, 2.05) is 18.3 Å². The van der Waals surface area contributed by atoms with Crippen molar-refractivity contribution in [3.63, 3.8) is 0 Å². The number of carbonyl (C=O) groups is 1. The number of fused-ring (bicyclic) bond motifs is 1. The quantitative estimate of drug-likeness (QED) is 0.890. The SMILES string of the molecule is O=C(NCCN1CCCC1)C1=NCCCc2ccc(-c3cccnc3)cc21. The van der Waals surface area contributed by atoms with Crippen molar-refractivity contribution in [2.75, 3.05) is 32.7 Å². The van der Waals surface area contributed by atoms with E-state index in [-0.39, 0.29) is 5.91 Å². The third-order valence-corrected chi connectivity index (χ3v) is 5.36. The molecule has 2 aliphatic heterocycles. The van der Waals surface area contributed by atoms with Gasteiger partial charge in [-0.3, -0.25) is 14.8 Å². The molecule has 0 unspecified atom stereocenters. The van der Waals surface area contributed by atoms with Crippen molar-refractivity contribution in [3.8, 4) is 11.1 Å². The van der Waals surface area contributed by atoms with E-state index in [2.05, 4.69) is 38.4 Å². The van der Waals surface area contributed by atoms with Gasteiger partial charge in [-0.15, -0.1) is 0 Å². The monoisotopic (exact) mass is 362 g/mol. The second kappa shape index (κ2) is 8.44. The molecule has 2 aliphatic rings. The van der Waals surface area contributed by atoms with Crippen molar-refractivity contribution in [2.24, 2.45) is 4.99 Å².